The third kappa shape index (κ3) is 6.43. The second-order valence-corrected chi connectivity index (χ2v) is 9.86. The maximum Gasteiger partial charge on any atom is 0.243 e. The summed E-state index contributed by atoms with van der Waals surface area (Å²) < 4.78 is 33.4. The van der Waals surface area contributed by atoms with Crippen molar-refractivity contribution in [2.45, 2.75) is 31.2 Å². The number of ether oxygens (including phenoxy) is 1. The lowest BCUT2D eigenvalue weighted by molar-refractivity contribution is -0.121. The van der Waals surface area contributed by atoms with Crippen LogP contribution in [0, 0.1) is 6.92 Å². The number of sulfonamides is 1. The molecule has 0 bridgehead atoms. The van der Waals surface area contributed by atoms with Gasteiger partial charge in [-0.2, -0.15) is 4.31 Å². The molecule has 1 atom stereocenters. The molecule has 3 aromatic carbocycles. The zero-order valence-corrected chi connectivity index (χ0v) is 20.0. The Hall–Kier alpha value is -3.16. The smallest absolute Gasteiger partial charge is 0.243 e. The van der Waals surface area contributed by atoms with Gasteiger partial charge in [0.05, 0.1) is 24.6 Å². The highest BCUT2D eigenvalue weighted by Crippen LogP contribution is 2.24. The first-order valence-corrected chi connectivity index (χ1v) is 12.3. The number of hydrogen-bond acceptors (Lipinski definition) is 4. The number of aryl methyl sites for hydroxylation is 1. The summed E-state index contributed by atoms with van der Waals surface area (Å²) in [5.74, 6) is 0.288. The Morgan fingerprint density at radius 2 is 1.61 bits per heavy atom. The van der Waals surface area contributed by atoms with Gasteiger partial charge in [0.15, 0.2) is 0 Å². The summed E-state index contributed by atoms with van der Waals surface area (Å²) in [7, 11) is -2.27. The summed E-state index contributed by atoms with van der Waals surface area (Å²) in [6.45, 7) is 3.66. The minimum absolute atomic E-state index is 0.173. The predicted octanol–water partition coefficient (Wildman–Crippen LogP) is 4.11. The van der Waals surface area contributed by atoms with Crippen LogP contribution in [0.1, 0.15) is 29.7 Å². The largest absolute Gasteiger partial charge is 0.496 e. The van der Waals surface area contributed by atoms with Crippen molar-refractivity contribution >= 4 is 15.9 Å². The molecule has 0 aliphatic rings. The lowest BCUT2D eigenvalue weighted by Crippen LogP contribution is -2.42. The van der Waals surface area contributed by atoms with Crippen LogP contribution in [0.4, 0.5) is 0 Å². The first-order chi connectivity index (χ1) is 15.8. The fraction of sp³-hybridized carbons (Fsp3) is 0.269. The molecule has 7 heteroatoms. The van der Waals surface area contributed by atoms with E-state index in [0.29, 0.717) is 12.2 Å². The summed E-state index contributed by atoms with van der Waals surface area (Å²) in [6.07, 6.45) is 0.501. The highest BCUT2D eigenvalue weighted by molar-refractivity contribution is 7.89. The molecule has 0 aliphatic heterocycles. The van der Waals surface area contributed by atoms with E-state index < -0.39 is 10.0 Å². The predicted molar refractivity (Wildman–Crippen MR) is 130 cm³/mol. The molecule has 0 aliphatic carbocycles. The van der Waals surface area contributed by atoms with Gasteiger partial charge in [0.1, 0.15) is 5.75 Å². The highest BCUT2D eigenvalue weighted by Gasteiger charge is 2.27. The van der Waals surface area contributed by atoms with Gasteiger partial charge in [-0.05, 0) is 44.0 Å². The molecule has 0 fully saturated rings. The number of rotatable bonds is 10. The van der Waals surface area contributed by atoms with Crippen LogP contribution in [0.2, 0.25) is 0 Å². The van der Waals surface area contributed by atoms with E-state index in [9.17, 15) is 13.2 Å². The summed E-state index contributed by atoms with van der Waals surface area (Å²) >= 11 is 0. The van der Waals surface area contributed by atoms with E-state index in [1.807, 2.05) is 68.4 Å². The molecule has 0 spiro atoms. The Labute approximate surface area is 196 Å². The van der Waals surface area contributed by atoms with Crippen LogP contribution in [-0.4, -0.2) is 38.8 Å². The molecule has 0 saturated carbocycles. The van der Waals surface area contributed by atoms with E-state index in [1.165, 1.54) is 4.31 Å². The molecule has 0 radical (unpaired) electrons. The molecule has 0 saturated heterocycles. The van der Waals surface area contributed by atoms with Crippen LogP contribution < -0.4 is 10.1 Å². The number of nitrogens with zero attached hydrogens (tertiary/aromatic N) is 1. The molecular formula is C26H30N2O4S. The molecule has 0 heterocycles. The maximum absolute atomic E-state index is 13.4. The fourth-order valence-electron chi connectivity index (χ4n) is 3.59. The van der Waals surface area contributed by atoms with Crippen molar-refractivity contribution < 1.29 is 17.9 Å². The van der Waals surface area contributed by atoms with Crippen LogP contribution in [0.5, 0.6) is 5.75 Å². The second-order valence-electron chi connectivity index (χ2n) is 7.92. The summed E-state index contributed by atoms with van der Waals surface area (Å²) in [5.41, 5.74) is 2.79. The average molecular weight is 467 g/mol. The van der Waals surface area contributed by atoms with E-state index in [0.717, 1.165) is 16.7 Å². The number of carbonyl (C=O) groups excluding carboxylic acids is 1. The van der Waals surface area contributed by atoms with Gasteiger partial charge in [-0.1, -0.05) is 66.2 Å². The number of carbonyl (C=O) groups is 1. The highest BCUT2D eigenvalue weighted by atomic mass is 32.2. The van der Waals surface area contributed by atoms with Gasteiger partial charge < -0.3 is 10.1 Å². The topological polar surface area (TPSA) is 75.7 Å². The monoisotopic (exact) mass is 466 g/mol. The van der Waals surface area contributed by atoms with Gasteiger partial charge in [0.25, 0.3) is 0 Å². The van der Waals surface area contributed by atoms with Gasteiger partial charge in [-0.3, -0.25) is 4.79 Å². The van der Waals surface area contributed by atoms with Crippen LogP contribution >= 0.6 is 0 Å². The van der Waals surface area contributed by atoms with E-state index in [1.54, 1.807) is 31.4 Å². The molecule has 3 rings (SSSR count). The number of benzene rings is 3. The van der Waals surface area contributed by atoms with Gasteiger partial charge >= 0.3 is 0 Å². The average Bonchev–Trinajstić information content (AvgIpc) is 2.82. The van der Waals surface area contributed by atoms with Crippen molar-refractivity contribution in [3.05, 3.63) is 95.6 Å². The van der Waals surface area contributed by atoms with Crippen molar-refractivity contribution in [2.24, 2.45) is 0 Å². The fourth-order valence-corrected chi connectivity index (χ4v) is 4.99. The van der Waals surface area contributed by atoms with E-state index in [-0.39, 0.29) is 29.9 Å². The van der Waals surface area contributed by atoms with E-state index in [2.05, 4.69) is 5.32 Å². The molecule has 174 valence electrons. The maximum atomic E-state index is 13.4. The van der Waals surface area contributed by atoms with Gasteiger partial charge in [0.2, 0.25) is 15.9 Å². The number of methoxy groups -OCH3 is 1. The Morgan fingerprint density at radius 1 is 0.970 bits per heavy atom. The van der Waals surface area contributed by atoms with Crippen molar-refractivity contribution in [3.63, 3.8) is 0 Å². The minimum Gasteiger partial charge on any atom is -0.496 e. The minimum atomic E-state index is -3.85. The SMILES string of the molecule is COc1ccccc1[C@@H](C)NC(=O)CN(CCc1ccccc1)S(=O)(=O)c1ccc(C)cc1. The normalized spacial score (nSPS) is 12.4. The molecular weight excluding hydrogens is 436 g/mol. The van der Waals surface area contributed by atoms with Crippen LogP contribution in [0.25, 0.3) is 0 Å². The first kappa shape index (κ1) is 24.5. The lowest BCUT2D eigenvalue weighted by atomic mass is 10.1. The Bertz CT molecular complexity index is 1160. The summed E-state index contributed by atoms with van der Waals surface area (Å²) in [4.78, 5) is 13.1. The number of amides is 1. The second kappa shape index (κ2) is 11.1. The van der Waals surface area contributed by atoms with E-state index >= 15 is 0 Å². The molecule has 0 aromatic heterocycles. The molecule has 6 nitrogen and oxygen atoms in total. The number of hydrogen-bond donors (Lipinski definition) is 1. The molecule has 33 heavy (non-hydrogen) atoms. The Balaban J connectivity index is 1.79. The van der Waals surface area contributed by atoms with E-state index in [4.69, 9.17) is 4.74 Å². The van der Waals surface area contributed by atoms with Crippen molar-refractivity contribution in [1.82, 2.24) is 9.62 Å². The van der Waals surface area contributed by atoms with Gasteiger partial charge in [-0.15, -0.1) is 0 Å². The molecule has 0 unspecified atom stereocenters. The molecule has 3 aromatic rings. The van der Waals surface area contributed by atoms with Crippen LogP contribution in [0.15, 0.2) is 83.8 Å². The van der Waals surface area contributed by atoms with Crippen LogP contribution in [0.3, 0.4) is 0 Å². The zero-order valence-electron chi connectivity index (χ0n) is 19.2. The molecule has 1 amide bonds. The molecule has 1 N–H and O–H groups in total. The zero-order chi connectivity index (χ0) is 23.8. The third-order valence-corrected chi connectivity index (χ3v) is 7.31. The third-order valence-electron chi connectivity index (χ3n) is 5.45. The van der Waals surface area contributed by atoms with Crippen molar-refractivity contribution in [3.8, 4) is 5.75 Å². The first-order valence-electron chi connectivity index (χ1n) is 10.8. The standard InChI is InChI=1S/C26H30N2O4S/c1-20-13-15-23(16-14-20)33(30,31)28(18-17-22-9-5-4-6-10-22)19-26(29)27-21(2)24-11-7-8-12-25(24)32-3/h4-16,21H,17-19H2,1-3H3,(H,27,29)/t21-/m1/s1. The quantitative estimate of drug-likeness (QED) is 0.488. The lowest BCUT2D eigenvalue weighted by Gasteiger charge is -2.24. The Kier molecular flexibility index (Phi) is 8.25. The van der Waals surface area contributed by atoms with Crippen molar-refractivity contribution in [2.75, 3.05) is 20.2 Å². The van der Waals surface area contributed by atoms with Crippen molar-refractivity contribution in [1.29, 1.82) is 0 Å². The van der Waals surface area contributed by atoms with Gasteiger partial charge in [-0.25, -0.2) is 8.42 Å². The van der Waals surface area contributed by atoms with Gasteiger partial charge in [0, 0.05) is 12.1 Å². The summed E-state index contributed by atoms with van der Waals surface area (Å²) in [6, 6.07) is 23.4. The summed E-state index contributed by atoms with van der Waals surface area (Å²) in [5, 5.41) is 2.91. The Morgan fingerprint density at radius 3 is 2.27 bits per heavy atom. The number of nitrogens with one attached hydrogen (secondary N) is 1. The van der Waals surface area contributed by atoms with Crippen LogP contribution in [-0.2, 0) is 21.2 Å². The number of para-hydroxylation sites is 1.